The van der Waals surface area contributed by atoms with E-state index >= 15 is 0 Å². The Morgan fingerprint density at radius 2 is 2.17 bits per heavy atom. The lowest BCUT2D eigenvalue weighted by molar-refractivity contribution is 0.0158. The number of hydrogen-bond acceptors (Lipinski definition) is 6. The van der Waals surface area contributed by atoms with Crippen molar-refractivity contribution in [2.24, 2.45) is 5.73 Å². The molecule has 1 aliphatic heterocycles. The second-order valence-electron chi connectivity index (χ2n) is 6.13. The molecule has 0 aliphatic carbocycles. The smallest absolute Gasteiger partial charge is 0.269 e. The van der Waals surface area contributed by atoms with E-state index < -0.39 is 0 Å². The van der Waals surface area contributed by atoms with Gasteiger partial charge in [-0.25, -0.2) is 4.98 Å². The minimum atomic E-state index is -0.104. The molecule has 0 radical (unpaired) electrons. The molecular formula is C17H24N4O3. The van der Waals surface area contributed by atoms with Gasteiger partial charge in [-0.1, -0.05) is 0 Å². The highest BCUT2D eigenvalue weighted by Crippen LogP contribution is 2.18. The van der Waals surface area contributed by atoms with Crippen molar-refractivity contribution in [3.63, 3.8) is 0 Å². The molecular weight excluding hydrogens is 308 g/mol. The number of nitrogens with zero attached hydrogens (tertiary/aromatic N) is 3. The first-order valence-corrected chi connectivity index (χ1v) is 8.16. The molecule has 2 N–H and O–H groups in total. The summed E-state index contributed by atoms with van der Waals surface area (Å²) in [4.78, 5) is 18.8. The molecule has 0 amide bonds. The Kier molecular flexibility index (Phi) is 5.13. The summed E-state index contributed by atoms with van der Waals surface area (Å²) >= 11 is 0. The summed E-state index contributed by atoms with van der Waals surface area (Å²) in [6, 6.07) is 5.65. The van der Waals surface area contributed by atoms with Crippen LogP contribution in [0, 0.1) is 0 Å². The molecule has 24 heavy (non-hydrogen) atoms. The van der Waals surface area contributed by atoms with Crippen LogP contribution in [0.25, 0.3) is 11.0 Å². The topological polar surface area (TPSA) is 82.6 Å². The van der Waals surface area contributed by atoms with Crippen LogP contribution in [0.15, 0.2) is 29.2 Å². The molecule has 0 saturated carbocycles. The van der Waals surface area contributed by atoms with Crippen LogP contribution in [-0.2, 0) is 11.3 Å². The molecule has 1 aliphatic rings. The van der Waals surface area contributed by atoms with Gasteiger partial charge < -0.3 is 19.8 Å². The molecule has 0 bridgehead atoms. The zero-order chi connectivity index (χ0) is 17.1. The number of fused-ring (bicyclic) bond motifs is 1. The lowest BCUT2D eigenvalue weighted by Crippen LogP contribution is -2.52. The number of hydrogen-bond donors (Lipinski definition) is 1. The van der Waals surface area contributed by atoms with E-state index in [0.717, 1.165) is 37.1 Å². The predicted molar refractivity (Wildman–Crippen MR) is 92.4 cm³/mol. The van der Waals surface area contributed by atoms with E-state index in [1.165, 1.54) is 6.20 Å². The molecule has 2 atom stereocenters. The second kappa shape index (κ2) is 7.29. The summed E-state index contributed by atoms with van der Waals surface area (Å²) in [6.45, 7) is 3.07. The number of aromatic nitrogens is 2. The first-order chi connectivity index (χ1) is 11.6. The first kappa shape index (κ1) is 16.9. The number of ether oxygens (including phenoxy) is 2. The number of nitrogens with two attached hydrogens (primary N) is 1. The van der Waals surface area contributed by atoms with Crippen molar-refractivity contribution in [2.75, 3.05) is 33.9 Å². The molecule has 0 spiro atoms. The molecule has 0 unspecified atom stereocenters. The lowest BCUT2D eigenvalue weighted by Gasteiger charge is -2.36. The van der Waals surface area contributed by atoms with E-state index in [4.69, 9.17) is 15.2 Å². The van der Waals surface area contributed by atoms with Gasteiger partial charge >= 0.3 is 0 Å². The standard InChI is InChI=1S/C17H24N4O3/c1-23-12-3-4-14-15(9-12)21(17(22)10-19-14)8-7-20-6-5-13(18)16(11-20)24-2/h3-4,9-10,13,16H,5-8,11,18H2,1-2H3/t13-,16-/m1/s1. The Bertz CT molecular complexity index is 761. The third kappa shape index (κ3) is 3.43. The predicted octanol–water partition coefficient (Wildman–Crippen LogP) is 0.453. The van der Waals surface area contributed by atoms with Crippen molar-refractivity contribution in [3.05, 3.63) is 34.7 Å². The monoisotopic (exact) mass is 332 g/mol. The van der Waals surface area contributed by atoms with Gasteiger partial charge in [0.2, 0.25) is 0 Å². The fourth-order valence-electron chi connectivity index (χ4n) is 3.19. The van der Waals surface area contributed by atoms with E-state index in [1.54, 1.807) is 18.8 Å². The third-order valence-corrected chi connectivity index (χ3v) is 4.69. The molecule has 1 aromatic heterocycles. The van der Waals surface area contributed by atoms with Crippen molar-refractivity contribution in [1.82, 2.24) is 14.5 Å². The van der Waals surface area contributed by atoms with E-state index in [-0.39, 0.29) is 17.7 Å². The van der Waals surface area contributed by atoms with Gasteiger partial charge in [-0.15, -0.1) is 0 Å². The largest absolute Gasteiger partial charge is 0.497 e. The Labute approximate surface area is 141 Å². The number of benzene rings is 1. The zero-order valence-electron chi connectivity index (χ0n) is 14.1. The molecule has 2 aromatic rings. The van der Waals surface area contributed by atoms with Crippen LogP contribution in [0.3, 0.4) is 0 Å². The van der Waals surface area contributed by atoms with Gasteiger partial charge in [0.05, 0.1) is 30.4 Å². The summed E-state index contributed by atoms with van der Waals surface area (Å²) in [6.07, 6.45) is 2.32. The number of rotatable bonds is 5. The number of methoxy groups -OCH3 is 2. The Hall–Kier alpha value is -1.96. The summed E-state index contributed by atoms with van der Waals surface area (Å²) in [5.74, 6) is 0.715. The van der Waals surface area contributed by atoms with Crippen LogP contribution in [0.1, 0.15) is 6.42 Å². The van der Waals surface area contributed by atoms with Gasteiger partial charge in [0, 0.05) is 38.9 Å². The van der Waals surface area contributed by atoms with E-state index in [0.29, 0.717) is 12.3 Å². The maximum absolute atomic E-state index is 12.3. The average molecular weight is 332 g/mol. The Balaban J connectivity index is 1.79. The molecule has 3 rings (SSSR count). The number of piperidine rings is 1. The molecule has 130 valence electrons. The minimum absolute atomic E-state index is 0.0461. The first-order valence-electron chi connectivity index (χ1n) is 8.16. The summed E-state index contributed by atoms with van der Waals surface area (Å²) in [7, 11) is 3.31. The summed E-state index contributed by atoms with van der Waals surface area (Å²) < 4.78 is 12.5. The van der Waals surface area contributed by atoms with Crippen LogP contribution < -0.4 is 16.0 Å². The highest BCUT2D eigenvalue weighted by Gasteiger charge is 2.26. The molecule has 1 aromatic carbocycles. The maximum Gasteiger partial charge on any atom is 0.269 e. The van der Waals surface area contributed by atoms with Crippen LogP contribution >= 0.6 is 0 Å². The SMILES string of the molecule is COc1ccc2ncc(=O)n(CCN3CC[C@@H](N)[C@H](OC)C3)c2c1. The van der Waals surface area contributed by atoms with Gasteiger partial charge in [0.25, 0.3) is 5.56 Å². The quantitative estimate of drug-likeness (QED) is 0.856. The Morgan fingerprint density at radius 3 is 2.92 bits per heavy atom. The van der Waals surface area contributed by atoms with Gasteiger partial charge in [-0.3, -0.25) is 9.69 Å². The van der Waals surface area contributed by atoms with Crippen molar-refractivity contribution in [2.45, 2.75) is 25.1 Å². The molecule has 7 heteroatoms. The van der Waals surface area contributed by atoms with Gasteiger partial charge in [-0.05, 0) is 25.1 Å². The lowest BCUT2D eigenvalue weighted by atomic mass is 10.0. The highest BCUT2D eigenvalue weighted by molar-refractivity contribution is 5.76. The fourth-order valence-corrected chi connectivity index (χ4v) is 3.19. The van der Waals surface area contributed by atoms with Crippen molar-refractivity contribution in [1.29, 1.82) is 0 Å². The zero-order valence-corrected chi connectivity index (χ0v) is 14.1. The minimum Gasteiger partial charge on any atom is -0.497 e. The number of likely N-dealkylation sites (tertiary alicyclic amines) is 1. The van der Waals surface area contributed by atoms with Crippen molar-refractivity contribution < 1.29 is 9.47 Å². The summed E-state index contributed by atoms with van der Waals surface area (Å²) in [5.41, 5.74) is 7.53. The van der Waals surface area contributed by atoms with Crippen LogP contribution in [0.5, 0.6) is 5.75 Å². The van der Waals surface area contributed by atoms with Crippen molar-refractivity contribution >= 4 is 11.0 Å². The molecule has 7 nitrogen and oxygen atoms in total. The maximum atomic E-state index is 12.3. The van der Waals surface area contributed by atoms with E-state index in [9.17, 15) is 4.79 Å². The van der Waals surface area contributed by atoms with E-state index in [2.05, 4.69) is 9.88 Å². The van der Waals surface area contributed by atoms with Crippen LogP contribution in [0.4, 0.5) is 0 Å². The van der Waals surface area contributed by atoms with Crippen LogP contribution in [-0.4, -0.2) is 60.5 Å². The fraction of sp³-hybridized carbons (Fsp3) is 0.529. The Morgan fingerprint density at radius 1 is 1.33 bits per heavy atom. The molecule has 1 fully saturated rings. The van der Waals surface area contributed by atoms with E-state index in [1.807, 2.05) is 18.2 Å². The highest BCUT2D eigenvalue weighted by atomic mass is 16.5. The third-order valence-electron chi connectivity index (χ3n) is 4.69. The molecule has 2 heterocycles. The normalized spacial score (nSPS) is 22.0. The summed E-state index contributed by atoms with van der Waals surface area (Å²) in [5, 5.41) is 0. The molecule has 1 saturated heterocycles. The van der Waals surface area contributed by atoms with Gasteiger partial charge in [0.1, 0.15) is 5.75 Å². The second-order valence-corrected chi connectivity index (χ2v) is 6.13. The van der Waals surface area contributed by atoms with Crippen LogP contribution in [0.2, 0.25) is 0 Å². The van der Waals surface area contributed by atoms with Crippen molar-refractivity contribution in [3.8, 4) is 5.75 Å². The van der Waals surface area contributed by atoms with Gasteiger partial charge in [-0.2, -0.15) is 0 Å². The average Bonchev–Trinajstić information content (AvgIpc) is 2.61. The van der Waals surface area contributed by atoms with Gasteiger partial charge in [0.15, 0.2) is 0 Å².